The van der Waals surface area contributed by atoms with Gasteiger partial charge in [0.25, 0.3) is 0 Å². The maximum absolute atomic E-state index is 12.6. The Morgan fingerprint density at radius 3 is 2.14 bits per heavy atom. The molecule has 1 aromatic carbocycles. The lowest BCUT2D eigenvalue weighted by atomic mass is 9.76. The Balaban J connectivity index is 2.24. The van der Waals surface area contributed by atoms with E-state index in [1.54, 1.807) is 26.0 Å². The summed E-state index contributed by atoms with van der Waals surface area (Å²) in [4.78, 5) is 2.48. The second kappa shape index (κ2) is 5.59. The highest BCUT2D eigenvalue weighted by Gasteiger charge is 2.40. The highest BCUT2D eigenvalue weighted by atomic mass is 32.2. The van der Waals surface area contributed by atoms with Crippen LogP contribution >= 0.6 is 0 Å². The van der Waals surface area contributed by atoms with Gasteiger partial charge in [0, 0.05) is 17.8 Å². The standard InChI is InChI=1S/C15H25N3O2S/c1-11-8-13(16)9-12(2)14(11)21(19,20)17-10-15(18(3)4)6-5-7-15/h8-9,17H,5-7,10,16H2,1-4H3. The van der Waals surface area contributed by atoms with Crippen molar-refractivity contribution in [1.29, 1.82) is 0 Å². The lowest BCUT2D eigenvalue weighted by Gasteiger charge is -2.47. The number of nitrogens with two attached hydrogens (primary N) is 1. The SMILES string of the molecule is Cc1cc(N)cc(C)c1S(=O)(=O)NCC1(N(C)C)CCC1. The van der Waals surface area contributed by atoms with Crippen molar-refractivity contribution >= 4 is 15.7 Å². The monoisotopic (exact) mass is 311 g/mol. The molecule has 1 aliphatic carbocycles. The quantitative estimate of drug-likeness (QED) is 0.811. The first kappa shape index (κ1) is 16.3. The molecule has 0 atom stereocenters. The molecule has 0 spiro atoms. The molecule has 118 valence electrons. The summed E-state index contributed by atoms with van der Waals surface area (Å²) in [7, 11) is 0.501. The molecule has 5 nitrogen and oxygen atoms in total. The minimum Gasteiger partial charge on any atom is -0.399 e. The van der Waals surface area contributed by atoms with Gasteiger partial charge in [-0.1, -0.05) is 0 Å². The van der Waals surface area contributed by atoms with Crippen molar-refractivity contribution in [3.63, 3.8) is 0 Å². The van der Waals surface area contributed by atoms with Crippen LogP contribution in [0.2, 0.25) is 0 Å². The van der Waals surface area contributed by atoms with Crippen LogP contribution in [0.5, 0.6) is 0 Å². The maximum Gasteiger partial charge on any atom is 0.241 e. The number of hydrogen-bond acceptors (Lipinski definition) is 4. The topological polar surface area (TPSA) is 75.4 Å². The molecule has 0 saturated heterocycles. The Hall–Kier alpha value is -1.11. The van der Waals surface area contributed by atoms with Crippen LogP contribution in [0.15, 0.2) is 17.0 Å². The van der Waals surface area contributed by atoms with Crippen LogP contribution in [0.25, 0.3) is 0 Å². The third-order valence-electron chi connectivity index (χ3n) is 4.58. The van der Waals surface area contributed by atoms with E-state index in [2.05, 4.69) is 9.62 Å². The van der Waals surface area contributed by atoms with Crippen molar-refractivity contribution < 1.29 is 8.42 Å². The average Bonchev–Trinajstić information content (AvgIpc) is 2.24. The van der Waals surface area contributed by atoms with Crippen LogP contribution in [0.4, 0.5) is 5.69 Å². The van der Waals surface area contributed by atoms with Gasteiger partial charge < -0.3 is 10.6 Å². The molecule has 0 bridgehead atoms. The van der Waals surface area contributed by atoms with Crippen molar-refractivity contribution in [1.82, 2.24) is 9.62 Å². The molecule has 0 heterocycles. The van der Waals surface area contributed by atoms with Gasteiger partial charge in [-0.25, -0.2) is 13.1 Å². The number of rotatable bonds is 5. The van der Waals surface area contributed by atoms with Crippen LogP contribution in [-0.2, 0) is 10.0 Å². The molecular formula is C15H25N3O2S. The van der Waals surface area contributed by atoms with Gasteiger partial charge in [-0.05, 0) is 70.5 Å². The van der Waals surface area contributed by atoms with E-state index in [0.29, 0.717) is 28.3 Å². The van der Waals surface area contributed by atoms with Crippen LogP contribution in [-0.4, -0.2) is 39.5 Å². The minimum absolute atomic E-state index is 0.0390. The molecule has 6 heteroatoms. The van der Waals surface area contributed by atoms with Gasteiger partial charge in [0.2, 0.25) is 10.0 Å². The number of hydrogen-bond donors (Lipinski definition) is 2. The number of nitrogens with zero attached hydrogens (tertiary/aromatic N) is 1. The molecule has 1 aliphatic rings. The molecule has 3 N–H and O–H groups in total. The highest BCUT2D eigenvalue weighted by Crippen LogP contribution is 2.36. The number of aryl methyl sites for hydroxylation is 2. The summed E-state index contributed by atoms with van der Waals surface area (Å²) >= 11 is 0. The van der Waals surface area contributed by atoms with Gasteiger partial charge >= 0.3 is 0 Å². The molecule has 0 unspecified atom stereocenters. The molecule has 0 aromatic heterocycles. The molecule has 0 amide bonds. The predicted molar refractivity (Wildman–Crippen MR) is 85.8 cm³/mol. The first-order chi connectivity index (χ1) is 9.68. The minimum atomic E-state index is -3.51. The number of nitrogen functional groups attached to an aromatic ring is 1. The number of sulfonamides is 1. The van der Waals surface area contributed by atoms with E-state index < -0.39 is 10.0 Å². The number of anilines is 1. The first-order valence-electron chi connectivity index (χ1n) is 7.22. The summed E-state index contributed by atoms with van der Waals surface area (Å²) < 4.78 is 28.0. The van der Waals surface area contributed by atoms with Crippen molar-refractivity contribution in [2.24, 2.45) is 0 Å². The van der Waals surface area contributed by atoms with Crippen molar-refractivity contribution in [3.8, 4) is 0 Å². The lowest BCUT2D eigenvalue weighted by Crippen LogP contribution is -2.57. The third kappa shape index (κ3) is 3.07. The third-order valence-corrected chi connectivity index (χ3v) is 6.28. The summed E-state index contributed by atoms with van der Waals surface area (Å²) in [6, 6.07) is 3.40. The van der Waals surface area contributed by atoms with Crippen LogP contribution in [0, 0.1) is 13.8 Å². The fourth-order valence-corrected chi connectivity index (χ4v) is 4.64. The zero-order valence-electron chi connectivity index (χ0n) is 13.2. The van der Waals surface area contributed by atoms with Gasteiger partial charge in [0.15, 0.2) is 0 Å². The van der Waals surface area contributed by atoms with Crippen molar-refractivity contribution in [2.75, 3.05) is 26.4 Å². The first-order valence-corrected chi connectivity index (χ1v) is 8.70. The van der Waals surface area contributed by atoms with Crippen molar-refractivity contribution in [2.45, 2.75) is 43.5 Å². The normalized spacial score (nSPS) is 17.8. The van der Waals surface area contributed by atoms with E-state index in [4.69, 9.17) is 5.73 Å². The van der Waals surface area contributed by atoms with Gasteiger partial charge in [-0.3, -0.25) is 0 Å². The van der Waals surface area contributed by atoms with Gasteiger partial charge in [0.1, 0.15) is 0 Å². The predicted octanol–water partition coefficient (Wildman–Crippen LogP) is 1.65. The molecule has 1 fully saturated rings. The highest BCUT2D eigenvalue weighted by molar-refractivity contribution is 7.89. The van der Waals surface area contributed by atoms with Crippen LogP contribution in [0.3, 0.4) is 0 Å². The second-order valence-electron chi connectivity index (χ2n) is 6.28. The molecule has 21 heavy (non-hydrogen) atoms. The maximum atomic E-state index is 12.6. The van der Waals surface area contributed by atoms with Gasteiger partial charge in [-0.2, -0.15) is 0 Å². The Morgan fingerprint density at radius 1 is 1.24 bits per heavy atom. The average molecular weight is 311 g/mol. The number of likely N-dealkylation sites (N-methyl/N-ethyl adjacent to an activating group) is 1. The Morgan fingerprint density at radius 2 is 1.76 bits per heavy atom. The van der Waals surface area contributed by atoms with Gasteiger partial charge in [0.05, 0.1) is 4.90 Å². The largest absolute Gasteiger partial charge is 0.399 e. The molecule has 1 saturated carbocycles. The molecule has 0 radical (unpaired) electrons. The fourth-order valence-electron chi connectivity index (χ4n) is 3.08. The van der Waals surface area contributed by atoms with Gasteiger partial charge in [-0.15, -0.1) is 0 Å². The van der Waals surface area contributed by atoms with Crippen LogP contribution < -0.4 is 10.5 Å². The van der Waals surface area contributed by atoms with Crippen LogP contribution in [0.1, 0.15) is 30.4 Å². The Labute approximate surface area is 127 Å². The fraction of sp³-hybridized carbons (Fsp3) is 0.600. The lowest BCUT2D eigenvalue weighted by molar-refractivity contribution is 0.0656. The molecule has 0 aliphatic heterocycles. The number of nitrogens with one attached hydrogen (secondary N) is 1. The summed E-state index contributed by atoms with van der Waals surface area (Å²) in [5, 5.41) is 0. The summed E-state index contributed by atoms with van der Waals surface area (Å²) in [5.74, 6) is 0. The van der Waals surface area contributed by atoms with E-state index >= 15 is 0 Å². The second-order valence-corrected chi connectivity index (χ2v) is 7.98. The Kier molecular flexibility index (Phi) is 4.33. The van der Waals surface area contributed by atoms with E-state index in [1.165, 1.54) is 0 Å². The van der Waals surface area contributed by atoms with Crippen molar-refractivity contribution in [3.05, 3.63) is 23.3 Å². The summed E-state index contributed by atoms with van der Waals surface area (Å²) in [6.07, 6.45) is 3.21. The zero-order valence-corrected chi connectivity index (χ0v) is 14.0. The molecular weight excluding hydrogens is 286 g/mol. The van der Waals surface area contributed by atoms with E-state index in [9.17, 15) is 8.42 Å². The zero-order chi connectivity index (χ0) is 15.8. The number of benzene rings is 1. The summed E-state index contributed by atoms with van der Waals surface area (Å²) in [6.45, 7) is 4.01. The smallest absolute Gasteiger partial charge is 0.241 e. The van der Waals surface area contributed by atoms with E-state index in [-0.39, 0.29) is 5.54 Å². The molecule has 1 aromatic rings. The Bertz CT molecular complexity index is 611. The van der Waals surface area contributed by atoms with E-state index in [1.807, 2.05) is 14.1 Å². The molecule has 2 rings (SSSR count). The van der Waals surface area contributed by atoms with E-state index in [0.717, 1.165) is 19.3 Å². The summed E-state index contributed by atoms with van der Waals surface area (Å²) in [5.41, 5.74) is 7.69.